The molecule has 0 saturated carbocycles. The standard InChI is InChI=1S/C14H25NO5/c1-6-9(7-2)12(17)15-10(13(18)19)8-11(16)20-14(3,4)5/h9-10H,6-8H2,1-5H3,(H,15,17)(H,18,19)/t10-/m0/s1. The molecule has 0 aliphatic carbocycles. The average molecular weight is 287 g/mol. The number of carbonyl (C=O) groups is 3. The Kier molecular flexibility index (Phi) is 7.24. The van der Waals surface area contributed by atoms with Gasteiger partial charge in [-0.2, -0.15) is 0 Å². The first-order chi connectivity index (χ1) is 9.10. The van der Waals surface area contributed by atoms with Crippen LogP contribution in [0.3, 0.4) is 0 Å². The molecule has 0 unspecified atom stereocenters. The van der Waals surface area contributed by atoms with Crippen LogP contribution in [0, 0.1) is 5.92 Å². The number of carbonyl (C=O) groups excluding carboxylic acids is 2. The summed E-state index contributed by atoms with van der Waals surface area (Å²) in [5.74, 6) is -2.47. The Morgan fingerprint density at radius 2 is 1.65 bits per heavy atom. The van der Waals surface area contributed by atoms with E-state index in [2.05, 4.69) is 5.32 Å². The fourth-order valence-corrected chi connectivity index (χ4v) is 1.70. The van der Waals surface area contributed by atoms with Crippen LogP contribution in [0.4, 0.5) is 0 Å². The monoisotopic (exact) mass is 287 g/mol. The van der Waals surface area contributed by atoms with Crippen molar-refractivity contribution >= 4 is 17.8 Å². The number of rotatable bonds is 7. The van der Waals surface area contributed by atoms with Gasteiger partial charge in [0, 0.05) is 5.92 Å². The van der Waals surface area contributed by atoms with Crippen molar-refractivity contribution in [3.63, 3.8) is 0 Å². The molecule has 0 fully saturated rings. The molecule has 116 valence electrons. The maximum absolute atomic E-state index is 11.9. The molecule has 0 aliphatic rings. The summed E-state index contributed by atoms with van der Waals surface area (Å²) in [6, 6.07) is -1.25. The zero-order valence-corrected chi connectivity index (χ0v) is 12.9. The van der Waals surface area contributed by atoms with E-state index in [1.165, 1.54) is 0 Å². The van der Waals surface area contributed by atoms with Crippen molar-refractivity contribution in [3.05, 3.63) is 0 Å². The Morgan fingerprint density at radius 1 is 1.15 bits per heavy atom. The number of esters is 1. The van der Waals surface area contributed by atoms with E-state index in [1.54, 1.807) is 20.8 Å². The summed E-state index contributed by atoms with van der Waals surface area (Å²) < 4.78 is 5.06. The molecule has 20 heavy (non-hydrogen) atoms. The largest absolute Gasteiger partial charge is 0.480 e. The van der Waals surface area contributed by atoms with Gasteiger partial charge in [-0.1, -0.05) is 13.8 Å². The summed E-state index contributed by atoms with van der Waals surface area (Å²) >= 11 is 0. The Hall–Kier alpha value is -1.59. The van der Waals surface area contributed by atoms with Crippen molar-refractivity contribution in [1.82, 2.24) is 5.32 Å². The number of aliphatic carboxylic acids is 1. The fourth-order valence-electron chi connectivity index (χ4n) is 1.70. The maximum atomic E-state index is 11.9. The van der Waals surface area contributed by atoms with Gasteiger partial charge < -0.3 is 15.2 Å². The smallest absolute Gasteiger partial charge is 0.326 e. The van der Waals surface area contributed by atoms with Gasteiger partial charge in [-0.3, -0.25) is 9.59 Å². The number of nitrogens with one attached hydrogen (secondary N) is 1. The highest BCUT2D eigenvalue weighted by Crippen LogP contribution is 2.11. The van der Waals surface area contributed by atoms with Crippen LogP contribution < -0.4 is 5.32 Å². The van der Waals surface area contributed by atoms with Crippen molar-refractivity contribution in [2.75, 3.05) is 0 Å². The van der Waals surface area contributed by atoms with Crippen LogP contribution in [0.1, 0.15) is 53.9 Å². The first-order valence-corrected chi connectivity index (χ1v) is 6.85. The molecule has 6 nitrogen and oxygen atoms in total. The Labute approximate surface area is 119 Å². The van der Waals surface area contributed by atoms with Crippen LogP contribution in [-0.4, -0.2) is 34.6 Å². The lowest BCUT2D eigenvalue weighted by atomic mass is 10.0. The molecule has 0 heterocycles. The minimum atomic E-state index is -1.25. The van der Waals surface area contributed by atoms with Crippen molar-refractivity contribution in [2.45, 2.75) is 65.5 Å². The molecule has 0 radical (unpaired) electrons. The number of ether oxygens (including phenoxy) is 1. The summed E-state index contributed by atoms with van der Waals surface area (Å²) in [5, 5.41) is 11.5. The number of carboxylic acids is 1. The second kappa shape index (κ2) is 7.87. The van der Waals surface area contributed by atoms with Crippen LogP contribution in [0.5, 0.6) is 0 Å². The molecule has 0 aromatic carbocycles. The molecule has 0 aliphatic heterocycles. The Balaban J connectivity index is 4.63. The molecule has 0 rings (SSSR count). The van der Waals surface area contributed by atoms with Crippen LogP contribution in [0.2, 0.25) is 0 Å². The molecule has 0 spiro atoms. The SMILES string of the molecule is CCC(CC)C(=O)N[C@@H](CC(=O)OC(C)(C)C)C(=O)O. The maximum Gasteiger partial charge on any atom is 0.326 e. The highest BCUT2D eigenvalue weighted by Gasteiger charge is 2.28. The van der Waals surface area contributed by atoms with Gasteiger partial charge in [0.2, 0.25) is 5.91 Å². The van der Waals surface area contributed by atoms with E-state index < -0.39 is 23.6 Å². The van der Waals surface area contributed by atoms with Crippen LogP contribution in [-0.2, 0) is 19.1 Å². The highest BCUT2D eigenvalue weighted by molar-refractivity contribution is 5.88. The quantitative estimate of drug-likeness (QED) is 0.695. The van der Waals surface area contributed by atoms with Crippen molar-refractivity contribution < 1.29 is 24.2 Å². The predicted octanol–water partition coefficient (Wildman–Crippen LogP) is 1.72. The number of hydrogen-bond donors (Lipinski definition) is 2. The van der Waals surface area contributed by atoms with Gasteiger partial charge in [-0.25, -0.2) is 4.79 Å². The molecule has 2 N–H and O–H groups in total. The van der Waals surface area contributed by atoms with E-state index in [-0.39, 0.29) is 18.2 Å². The molecule has 6 heteroatoms. The summed E-state index contributed by atoms with van der Waals surface area (Å²) in [5.41, 5.74) is -0.681. The lowest BCUT2D eigenvalue weighted by Crippen LogP contribution is -2.45. The fraction of sp³-hybridized carbons (Fsp3) is 0.786. The zero-order chi connectivity index (χ0) is 15.9. The minimum Gasteiger partial charge on any atom is -0.480 e. The van der Waals surface area contributed by atoms with Crippen LogP contribution >= 0.6 is 0 Å². The summed E-state index contributed by atoms with van der Waals surface area (Å²) in [6.07, 6.45) is 0.876. The van der Waals surface area contributed by atoms with Crippen LogP contribution in [0.15, 0.2) is 0 Å². The van der Waals surface area contributed by atoms with Crippen LogP contribution in [0.25, 0.3) is 0 Å². The van der Waals surface area contributed by atoms with Crippen molar-refractivity contribution in [1.29, 1.82) is 0 Å². The Morgan fingerprint density at radius 3 is 2.00 bits per heavy atom. The van der Waals surface area contributed by atoms with Gasteiger partial charge in [-0.15, -0.1) is 0 Å². The molecule has 0 aromatic heterocycles. The molecule has 1 atom stereocenters. The van der Waals surface area contributed by atoms with Crippen molar-refractivity contribution in [2.24, 2.45) is 5.92 Å². The van der Waals surface area contributed by atoms with E-state index in [1.807, 2.05) is 13.8 Å². The van der Waals surface area contributed by atoms with Gasteiger partial charge in [0.25, 0.3) is 0 Å². The number of hydrogen-bond acceptors (Lipinski definition) is 4. The zero-order valence-electron chi connectivity index (χ0n) is 12.9. The number of carboxylic acid groups (broad SMARTS) is 1. The van der Waals surface area contributed by atoms with E-state index in [4.69, 9.17) is 9.84 Å². The predicted molar refractivity (Wildman–Crippen MR) is 74.1 cm³/mol. The highest BCUT2D eigenvalue weighted by atomic mass is 16.6. The lowest BCUT2D eigenvalue weighted by molar-refractivity contribution is -0.158. The molecule has 0 saturated heterocycles. The first kappa shape index (κ1) is 18.4. The lowest BCUT2D eigenvalue weighted by Gasteiger charge is -2.22. The molecular weight excluding hydrogens is 262 g/mol. The second-order valence-corrected chi connectivity index (χ2v) is 5.70. The van der Waals surface area contributed by atoms with E-state index >= 15 is 0 Å². The summed E-state index contributed by atoms with van der Waals surface area (Å²) in [4.78, 5) is 34.6. The van der Waals surface area contributed by atoms with Gasteiger partial charge in [0.05, 0.1) is 6.42 Å². The molecule has 0 aromatic rings. The van der Waals surface area contributed by atoms with Crippen molar-refractivity contribution in [3.8, 4) is 0 Å². The van der Waals surface area contributed by atoms with Gasteiger partial charge in [0.15, 0.2) is 0 Å². The first-order valence-electron chi connectivity index (χ1n) is 6.85. The number of amides is 1. The van der Waals surface area contributed by atoms with Gasteiger partial charge >= 0.3 is 11.9 Å². The third kappa shape index (κ3) is 7.11. The topological polar surface area (TPSA) is 92.7 Å². The summed E-state index contributed by atoms with van der Waals surface area (Å²) in [6.45, 7) is 8.81. The normalized spacial score (nSPS) is 12.9. The summed E-state index contributed by atoms with van der Waals surface area (Å²) in [7, 11) is 0. The molecular formula is C14H25NO5. The van der Waals surface area contributed by atoms with E-state index in [0.717, 1.165) is 0 Å². The van der Waals surface area contributed by atoms with E-state index in [0.29, 0.717) is 12.8 Å². The Bertz CT molecular complexity index is 355. The third-order valence-corrected chi connectivity index (χ3v) is 2.76. The third-order valence-electron chi connectivity index (χ3n) is 2.76. The van der Waals surface area contributed by atoms with E-state index in [9.17, 15) is 14.4 Å². The molecule has 0 bridgehead atoms. The minimum absolute atomic E-state index is 0.240. The second-order valence-electron chi connectivity index (χ2n) is 5.70. The molecule has 1 amide bonds. The van der Waals surface area contributed by atoms with Gasteiger partial charge in [-0.05, 0) is 33.6 Å². The average Bonchev–Trinajstić information content (AvgIpc) is 2.26. The van der Waals surface area contributed by atoms with Gasteiger partial charge in [0.1, 0.15) is 11.6 Å².